The van der Waals surface area contributed by atoms with E-state index in [1.807, 2.05) is 0 Å². The van der Waals surface area contributed by atoms with Gasteiger partial charge in [-0.15, -0.1) is 0 Å². The fourth-order valence-corrected chi connectivity index (χ4v) is 1.69. The normalized spacial score (nSPS) is 19.8. The van der Waals surface area contributed by atoms with E-state index in [4.69, 9.17) is 0 Å². The summed E-state index contributed by atoms with van der Waals surface area (Å²) in [5.41, 5.74) is 1.57. The Kier molecular flexibility index (Phi) is 7.93. The van der Waals surface area contributed by atoms with Crippen molar-refractivity contribution in [2.24, 2.45) is 5.92 Å². The van der Waals surface area contributed by atoms with Gasteiger partial charge in [-0.3, -0.25) is 0 Å². The van der Waals surface area contributed by atoms with E-state index < -0.39 is 0 Å². The standard InChI is InChI=1S/C12H20.Hf/c1-3-5-7-12-9-8-11(10-12)6-4-2;/h8-11H,3-7H2,1-2H3;. The second-order valence-electron chi connectivity index (χ2n) is 3.66. The van der Waals surface area contributed by atoms with Crippen molar-refractivity contribution in [2.75, 3.05) is 0 Å². The Morgan fingerprint density at radius 1 is 1.23 bits per heavy atom. The fraction of sp³-hybridized carbons (Fsp3) is 0.667. The van der Waals surface area contributed by atoms with Gasteiger partial charge < -0.3 is 0 Å². The Labute approximate surface area is 101 Å². The van der Waals surface area contributed by atoms with E-state index in [9.17, 15) is 0 Å². The number of rotatable bonds is 5. The Bertz CT molecular complexity index is 180. The van der Waals surface area contributed by atoms with Crippen molar-refractivity contribution in [1.29, 1.82) is 0 Å². The van der Waals surface area contributed by atoms with E-state index >= 15 is 0 Å². The van der Waals surface area contributed by atoms with Crippen molar-refractivity contribution in [1.82, 2.24) is 0 Å². The molecule has 0 nitrogen and oxygen atoms in total. The van der Waals surface area contributed by atoms with Crippen molar-refractivity contribution < 1.29 is 25.8 Å². The Morgan fingerprint density at radius 2 is 2.00 bits per heavy atom. The summed E-state index contributed by atoms with van der Waals surface area (Å²) in [6, 6.07) is 0. The average Bonchev–Trinajstić information content (AvgIpc) is 2.50. The van der Waals surface area contributed by atoms with Gasteiger partial charge in [0.2, 0.25) is 0 Å². The molecule has 0 bridgehead atoms. The predicted octanol–water partition coefficient (Wildman–Crippen LogP) is 4.09. The SMILES string of the molecule is CCCCC1=CC(CCC)C=C1.[Hf]. The molecule has 1 heteroatoms. The van der Waals surface area contributed by atoms with E-state index in [-0.39, 0.29) is 25.8 Å². The molecule has 0 saturated heterocycles. The molecule has 0 saturated carbocycles. The molecule has 0 radical (unpaired) electrons. The zero-order chi connectivity index (χ0) is 8.81. The maximum absolute atomic E-state index is 2.44. The molecule has 0 aliphatic heterocycles. The van der Waals surface area contributed by atoms with Gasteiger partial charge in [-0.25, -0.2) is 0 Å². The van der Waals surface area contributed by atoms with Gasteiger partial charge in [-0.2, -0.15) is 0 Å². The minimum Gasteiger partial charge on any atom is -0.0773 e. The first-order chi connectivity index (χ1) is 5.86. The molecule has 0 aromatic rings. The number of hydrogen-bond donors (Lipinski definition) is 0. The maximum Gasteiger partial charge on any atom is 0 e. The van der Waals surface area contributed by atoms with E-state index in [1.54, 1.807) is 5.57 Å². The third kappa shape index (κ3) is 4.95. The summed E-state index contributed by atoms with van der Waals surface area (Å²) in [5, 5.41) is 0. The molecular weight excluding hydrogens is 323 g/mol. The van der Waals surface area contributed by atoms with Gasteiger partial charge in [0.05, 0.1) is 0 Å². The molecule has 72 valence electrons. The molecule has 0 aromatic carbocycles. The summed E-state index contributed by atoms with van der Waals surface area (Å²) in [6.45, 7) is 4.51. The zero-order valence-electron chi connectivity index (χ0n) is 8.84. The molecule has 1 unspecified atom stereocenters. The number of allylic oxidation sites excluding steroid dienone is 4. The third-order valence-corrected chi connectivity index (χ3v) is 2.43. The van der Waals surface area contributed by atoms with Gasteiger partial charge >= 0.3 is 0 Å². The van der Waals surface area contributed by atoms with Crippen LogP contribution in [0.4, 0.5) is 0 Å². The minimum atomic E-state index is 0. The van der Waals surface area contributed by atoms with Crippen molar-refractivity contribution in [2.45, 2.75) is 46.0 Å². The summed E-state index contributed by atoms with van der Waals surface area (Å²) in [4.78, 5) is 0. The number of unbranched alkanes of at least 4 members (excludes halogenated alkanes) is 1. The van der Waals surface area contributed by atoms with Gasteiger partial charge in [0.1, 0.15) is 0 Å². The molecule has 1 aliphatic carbocycles. The van der Waals surface area contributed by atoms with Crippen molar-refractivity contribution in [3.05, 3.63) is 23.8 Å². The smallest absolute Gasteiger partial charge is 0 e. The predicted molar refractivity (Wildman–Crippen MR) is 55.1 cm³/mol. The van der Waals surface area contributed by atoms with Crippen LogP contribution in [0.3, 0.4) is 0 Å². The first kappa shape index (κ1) is 13.4. The average molecular weight is 343 g/mol. The molecule has 0 amide bonds. The molecule has 0 spiro atoms. The largest absolute Gasteiger partial charge is 0.0773 e. The molecule has 0 heterocycles. The monoisotopic (exact) mass is 344 g/mol. The van der Waals surface area contributed by atoms with Crippen molar-refractivity contribution in [3.63, 3.8) is 0 Å². The first-order valence-electron chi connectivity index (χ1n) is 5.25. The van der Waals surface area contributed by atoms with Crippen LogP contribution < -0.4 is 0 Å². The van der Waals surface area contributed by atoms with Crippen LogP contribution in [0.5, 0.6) is 0 Å². The second-order valence-corrected chi connectivity index (χ2v) is 3.66. The quantitative estimate of drug-likeness (QED) is 0.660. The van der Waals surface area contributed by atoms with Crippen LogP contribution in [-0.4, -0.2) is 0 Å². The van der Waals surface area contributed by atoms with Crippen LogP contribution in [0.1, 0.15) is 46.0 Å². The summed E-state index contributed by atoms with van der Waals surface area (Å²) in [7, 11) is 0. The van der Waals surface area contributed by atoms with Crippen LogP contribution in [-0.2, 0) is 25.8 Å². The van der Waals surface area contributed by atoms with E-state index in [2.05, 4.69) is 32.1 Å². The Morgan fingerprint density at radius 3 is 2.62 bits per heavy atom. The molecular formula is C12H20Hf. The summed E-state index contributed by atoms with van der Waals surface area (Å²) >= 11 is 0. The van der Waals surface area contributed by atoms with Crippen LogP contribution >= 0.6 is 0 Å². The van der Waals surface area contributed by atoms with Crippen LogP contribution in [0, 0.1) is 5.92 Å². The van der Waals surface area contributed by atoms with Crippen LogP contribution in [0.15, 0.2) is 23.8 Å². The summed E-state index contributed by atoms with van der Waals surface area (Å²) in [5.74, 6) is 0.752. The van der Waals surface area contributed by atoms with Crippen LogP contribution in [0.25, 0.3) is 0 Å². The Balaban J connectivity index is 0.00000144. The summed E-state index contributed by atoms with van der Waals surface area (Å²) < 4.78 is 0. The first-order valence-corrected chi connectivity index (χ1v) is 5.25. The third-order valence-electron chi connectivity index (χ3n) is 2.43. The molecule has 0 fully saturated rings. The molecule has 13 heavy (non-hydrogen) atoms. The van der Waals surface area contributed by atoms with E-state index in [0.29, 0.717) is 0 Å². The van der Waals surface area contributed by atoms with Crippen molar-refractivity contribution >= 4 is 0 Å². The fourth-order valence-electron chi connectivity index (χ4n) is 1.69. The topological polar surface area (TPSA) is 0 Å². The molecule has 1 aliphatic rings. The van der Waals surface area contributed by atoms with Crippen molar-refractivity contribution in [3.8, 4) is 0 Å². The van der Waals surface area contributed by atoms with Gasteiger partial charge in [0.15, 0.2) is 0 Å². The maximum atomic E-state index is 2.44. The Hall–Kier alpha value is 0.350. The minimum absolute atomic E-state index is 0. The van der Waals surface area contributed by atoms with Gasteiger partial charge in [0.25, 0.3) is 0 Å². The molecule has 0 aromatic heterocycles. The molecule has 1 atom stereocenters. The van der Waals surface area contributed by atoms with Gasteiger partial charge in [-0.1, -0.05) is 50.5 Å². The van der Waals surface area contributed by atoms with E-state index in [1.165, 1.54) is 32.1 Å². The van der Waals surface area contributed by atoms with E-state index in [0.717, 1.165) is 5.92 Å². The van der Waals surface area contributed by atoms with Crippen LogP contribution in [0.2, 0.25) is 0 Å². The zero-order valence-corrected chi connectivity index (χ0v) is 12.4. The molecule has 1 rings (SSSR count). The molecule has 0 N–H and O–H groups in total. The number of hydrogen-bond acceptors (Lipinski definition) is 0. The van der Waals surface area contributed by atoms with Gasteiger partial charge in [-0.05, 0) is 25.2 Å². The summed E-state index contributed by atoms with van der Waals surface area (Å²) in [6.07, 6.45) is 13.7. The van der Waals surface area contributed by atoms with Gasteiger partial charge in [0, 0.05) is 25.8 Å². The second kappa shape index (κ2) is 7.73.